The Morgan fingerprint density at radius 2 is 1.10 bits per heavy atom. The monoisotopic (exact) mass is 441 g/mol. The summed E-state index contributed by atoms with van der Waals surface area (Å²) in [5.74, 6) is 0. The van der Waals surface area contributed by atoms with E-state index in [1.165, 1.54) is 48.9 Å². The highest BCUT2D eigenvalue weighted by Crippen LogP contribution is 2.15. The second-order valence-corrected chi connectivity index (χ2v) is 9.00. The van der Waals surface area contributed by atoms with Crippen LogP contribution in [-0.2, 0) is 23.2 Å². The first kappa shape index (κ1) is 24.7. The highest BCUT2D eigenvalue weighted by molar-refractivity contribution is 7.85. The van der Waals surface area contributed by atoms with Crippen molar-refractivity contribution in [1.29, 1.82) is 0 Å². The molecule has 0 atom stereocenters. The van der Waals surface area contributed by atoms with Crippen LogP contribution in [0, 0.1) is 6.92 Å². The molecule has 0 spiro atoms. The summed E-state index contributed by atoms with van der Waals surface area (Å²) in [6.07, 6.45) is 13.7. The lowest BCUT2D eigenvalue weighted by Gasteiger charge is -2.05. The molecule has 0 aliphatic heterocycles. The first-order valence-electron chi connectivity index (χ1n) is 10.8. The molecule has 0 aliphatic carbocycles. The quantitative estimate of drug-likeness (QED) is 0.384. The molecule has 31 heavy (non-hydrogen) atoms. The van der Waals surface area contributed by atoms with Crippen molar-refractivity contribution in [1.82, 2.24) is 0 Å². The molecular formula is C25H33N2O3S+. The lowest BCUT2D eigenvalue weighted by molar-refractivity contribution is -0.697. The molecule has 166 valence electrons. The number of pyridine rings is 2. The van der Waals surface area contributed by atoms with Gasteiger partial charge in [-0.15, -0.1) is 0 Å². The fraction of sp³-hybridized carbons (Fsp3) is 0.360. The van der Waals surface area contributed by atoms with Gasteiger partial charge < -0.3 is 4.55 Å². The van der Waals surface area contributed by atoms with Gasteiger partial charge in [0.2, 0.25) is 0 Å². The fourth-order valence-electron chi connectivity index (χ4n) is 2.98. The first-order chi connectivity index (χ1) is 14.8. The zero-order valence-electron chi connectivity index (χ0n) is 18.7. The van der Waals surface area contributed by atoms with Crippen LogP contribution in [0.4, 0.5) is 0 Å². The number of hydrogen-bond acceptors (Lipinski definition) is 3. The Morgan fingerprint density at radius 3 is 1.42 bits per heavy atom. The van der Waals surface area contributed by atoms with E-state index in [9.17, 15) is 13.0 Å². The van der Waals surface area contributed by atoms with Crippen molar-refractivity contribution in [3.8, 4) is 11.1 Å². The number of rotatable bonds is 8. The molecule has 0 bridgehead atoms. The van der Waals surface area contributed by atoms with Crippen molar-refractivity contribution < 1.29 is 22.1 Å². The molecule has 0 saturated carbocycles. The zero-order valence-corrected chi connectivity index (χ0v) is 19.5. The second-order valence-electron chi connectivity index (χ2n) is 7.62. The summed E-state index contributed by atoms with van der Waals surface area (Å²) in [4.78, 5) is -0.178. The summed E-state index contributed by atoms with van der Waals surface area (Å²) in [5.41, 5.74) is 3.51. The molecule has 0 radical (unpaired) electrons. The van der Waals surface area contributed by atoms with E-state index in [1.54, 1.807) is 12.1 Å². The van der Waals surface area contributed by atoms with E-state index in [1.807, 2.05) is 6.92 Å². The van der Waals surface area contributed by atoms with E-state index in [-0.39, 0.29) is 4.90 Å². The van der Waals surface area contributed by atoms with Gasteiger partial charge in [-0.05, 0) is 30.2 Å². The topological polar surface area (TPSA) is 65.0 Å². The van der Waals surface area contributed by atoms with Gasteiger partial charge in [0.25, 0.3) is 0 Å². The number of unbranched alkanes of at least 4 members (excludes halogenated alkanes) is 2. The Morgan fingerprint density at radius 1 is 0.710 bits per heavy atom. The molecule has 2 heterocycles. The number of nitrogens with zero attached hydrogens (tertiary/aromatic N) is 2. The van der Waals surface area contributed by atoms with Gasteiger partial charge in [-0.2, -0.15) is 0 Å². The van der Waals surface area contributed by atoms with Gasteiger partial charge in [0.1, 0.15) is 23.2 Å². The van der Waals surface area contributed by atoms with Crippen molar-refractivity contribution in [2.75, 3.05) is 0 Å². The minimum Gasteiger partial charge on any atom is -0.744 e. The average molecular weight is 442 g/mol. The molecule has 0 saturated heterocycles. The van der Waals surface area contributed by atoms with Crippen LogP contribution in [0.15, 0.2) is 78.2 Å². The summed E-state index contributed by atoms with van der Waals surface area (Å²) in [5, 5.41) is 0. The third-order valence-corrected chi connectivity index (χ3v) is 5.81. The van der Waals surface area contributed by atoms with E-state index < -0.39 is 10.1 Å². The third kappa shape index (κ3) is 8.59. The van der Waals surface area contributed by atoms with Crippen LogP contribution in [0.3, 0.4) is 0 Å². The van der Waals surface area contributed by atoms with Gasteiger partial charge in [0.05, 0.1) is 4.90 Å². The molecule has 3 aromatic rings. The van der Waals surface area contributed by atoms with Gasteiger partial charge in [-0.3, -0.25) is 0 Å². The Bertz CT molecular complexity index is 964. The minimum atomic E-state index is -4.27. The molecular weight excluding hydrogens is 408 g/mol. The number of hydrogen-bond donors (Lipinski definition) is 0. The van der Waals surface area contributed by atoms with Crippen LogP contribution in [0.2, 0.25) is 0 Å². The second kappa shape index (κ2) is 12.3. The zero-order chi connectivity index (χ0) is 22.7. The Balaban J connectivity index is 0.000000262. The molecule has 3 rings (SSSR count). The first-order valence-corrected chi connectivity index (χ1v) is 12.3. The van der Waals surface area contributed by atoms with Crippen molar-refractivity contribution in [3.63, 3.8) is 0 Å². The molecule has 0 unspecified atom stereocenters. The third-order valence-electron chi connectivity index (χ3n) is 4.97. The fourth-order valence-corrected chi connectivity index (χ4v) is 3.45. The number of benzene rings is 1. The maximum atomic E-state index is 10.4. The summed E-state index contributed by atoms with van der Waals surface area (Å²) >= 11 is 0. The average Bonchev–Trinajstić information content (AvgIpc) is 2.77. The Labute approximate surface area is 186 Å². The van der Waals surface area contributed by atoms with Gasteiger partial charge >= 0.3 is 0 Å². The van der Waals surface area contributed by atoms with Crippen molar-refractivity contribution in [3.05, 3.63) is 78.9 Å². The van der Waals surface area contributed by atoms with E-state index in [0.717, 1.165) is 18.7 Å². The SMILES string of the molecule is CCCC[n+]1ccc(-c2cc[n+](CCCC)cc2)cc1.Cc1ccc(S(=O)(=O)[O-])cc1. The van der Waals surface area contributed by atoms with E-state index in [4.69, 9.17) is 0 Å². The molecule has 2 aromatic heterocycles. The largest absolute Gasteiger partial charge is 0.744 e. The van der Waals surface area contributed by atoms with Crippen LogP contribution in [0.1, 0.15) is 45.1 Å². The smallest absolute Gasteiger partial charge is 0.169 e. The van der Waals surface area contributed by atoms with E-state index >= 15 is 0 Å². The molecule has 0 aliphatic rings. The summed E-state index contributed by atoms with van der Waals surface area (Å²) in [6.45, 7) is 8.51. The van der Waals surface area contributed by atoms with E-state index in [0.29, 0.717) is 0 Å². The van der Waals surface area contributed by atoms with E-state index in [2.05, 4.69) is 72.0 Å². The lowest BCUT2D eigenvalue weighted by atomic mass is 10.1. The van der Waals surface area contributed by atoms with Gasteiger partial charge in [-0.25, -0.2) is 17.6 Å². The highest BCUT2D eigenvalue weighted by atomic mass is 32.2. The molecule has 5 nitrogen and oxygen atoms in total. The molecule has 0 amide bonds. The van der Waals surface area contributed by atoms with Crippen molar-refractivity contribution in [2.45, 2.75) is 64.4 Å². The van der Waals surface area contributed by atoms with Gasteiger partial charge in [-0.1, -0.05) is 44.4 Å². The van der Waals surface area contributed by atoms with Crippen LogP contribution >= 0.6 is 0 Å². The normalized spacial score (nSPS) is 11.0. The Kier molecular flexibility index (Phi) is 9.82. The lowest BCUT2D eigenvalue weighted by Crippen LogP contribution is -2.32. The molecule has 0 N–H and O–H groups in total. The number of aromatic nitrogens is 2. The van der Waals surface area contributed by atoms with Gasteiger partial charge in [0, 0.05) is 37.1 Å². The van der Waals surface area contributed by atoms with Crippen molar-refractivity contribution >= 4 is 10.1 Å². The van der Waals surface area contributed by atoms with Gasteiger partial charge in [0.15, 0.2) is 24.8 Å². The molecule has 6 heteroatoms. The van der Waals surface area contributed by atoms with Crippen LogP contribution in [0.25, 0.3) is 11.1 Å². The highest BCUT2D eigenvalue weighted by Gasteiger charge is 2.05. The Hall–Kier alpha value is -2.57. The summed E-state index contributed by atoms with van der Waals surface area (Å²) < 4.78 is 35.7. The minimum absolute atomic E-state index is 0.178. The predicted molar refractivity (Wildman–Crippen MR) is 121 cm³/mol. The molecule has 1 aromatic carbocycles. The summed E-state index contributed by atoms with van der Waals surface area (Å²) in [6, 6.07) is 14.6. The maximum Gasteiger partial charge on any atom is 0.169 e. The maximum absolute atomic E-state index is 10.4. The number of aryl methyl sites for hydroxylation is 3. The predicted octanol–water partition coefficient (Wildman–Crippen LogP) is 4.43. The standard InChI is InChI=1S/C18H26N2.C7H8O3S/c1-3-5-11-19-13-7-17(8-14-19)18-9-15-20(16-10-18)12-6-4-2;1-6-2-4-7(5-3-6)11(8,9)10/h7-10,13-16H,3-6,11-12H2,1-2H3;2-5H,1H3,(H,8,9,10)/q+2;/p-1. The summed E-state index contributed by atoms with van der Waals surface area (Å²) in [7, 11) is -4.27. The van der Waals surface area contributed by atoms with Crippen LogP contribution in [0.5, 0.6) is 0 Å². The van der Waals surface area contributed by atoms with Crippen molar-refractivity contribution in [2.24, 2.45) is 0 Å². The molecule has 0 fully saturated rings. The van der Waals surface area contributed by atoms with Crippen LogP contribution < -0.4 is 9.13 Å². The van der Waals surface area contributed by atoms with Crippen LogP contribution in [-0.4, -0.2) is 13.0 Å².